The van der Waals surface area contributed by atoms with Gasteiger partial charge in [0.25, 0.3) is 0 Å². The van der Waals surface area contributed by atoms with Crippen molar-refractivity contribution in [1.82, 2.24) is 0 Å². The van der Waals surface area contributed by atoms with Crippen LogP contribution in [0.25, 0.3) is 33.4 Å². The predicted molar refractivity (Wildman–Crippen MR) is 201 cm³/mol. The van der Waals surface area contributed by atoms with Crippen LogP contribution in [0.5, 0.6) is 23.0 Å². The molecule has 0 heterocycles. The van der Waals surface area contributed by atoms with E-state index >= 15 is 0 Å². The molecule has 1 atom stereocenters. The first-order valence-corrected chi connectivity index (χ1v) is 17.1. The normalized spacial score (nSPS) is 15.8. The summed E-state index contributed by atoms with van der Waals surface area (Å²) in [5.41, 5.74) is 16.6. The minimum Gasteiger partial charge on any atom is -0.493 e. The summed E-state index contributed by atoms with van der Waals surface area (Å²) in [6, 6.07) is 27.5. The Morgan fingerprint density at radius 3 is 1.39 bits per heavy atom. The SMILES string of the molecule is COc1cc2c(cc1OC)C1(c3cc(-c4cc(C)c(C(C)(C)C)cc4C)ccc3-2)c2cc(C(C)(C)C)ccc2-c2cc(OC)c(OC)cc21. The molecule has 0 saturated carbocycles. The van der Waals surface area contributed by atoms with Crippen molar-refractivity contribution in [3.8, 4) is 56.4 Å². The lowest BCUT2D eigenvalue weighted by atomic mass is 9.69. The van der Waals surface area contributed by atoms with Crippen molar-refractivity contribution >= 4 is 0 Å². The highest BCUT2D eigenvalue weighted by Crippen LogP contribution is 2.65. The third-order valence-corrected chi connectivity index (χ3v) is 10.8. The van der Waals surface area contributed by atoms with Gasteiger partial charge in [-0.2, -0.15) is 0 Å². The summed E-state index contributed by atoms with van der Waals surface area (Å²) in [7, 11) is 6.84. The van der Waals surface area contributed by atoms with Crippen molar-refractivity contribution in [2.75, 3.05) is 28.4 Å². The van der Waals surface area contributed by atoms with Crippen molar-refractivity contribution < 1.29 is 18.9 Å². The van der Waals surface area contributed by atoms with E-state index < -0.39 is 5.41 Å². The highest BCUT2D eigenvalue weighted by atomic mass is 16.5. The molecule has 2 aliphatic carbocycles. The largest absolute Gasteiger partial charge is 0.493 e. The standard InChI is InChI=1S/C45H48O4/c1-25-18-34(44(6,7)8)26(2)17-31(25)27-13-15-29-32-21-39(46-9)41(48-11)23-37(32)45(35(29)19-27)36-20-28(43(3,4)5)14-16-30(36)33-22-40(47-10)42(49-12)24-38(33)45/h13-24H,1-12H3. The lowest BCUT2D eigenvalue weighted by Crippen LogP contribution is -2.27. The molecule has 5 aromatic rings. The monoisotopic (exact) mass is 652 g/mol. The Balaban J connectivity index is 1.64. The van der Waals surface area contributed by atoms with Crippen molar-refractivity contribution in [2.45, 2.75) is 71.6 Å². The van der Waals surface area contributed by atoms with E-state index in [1.54, 1.807) is 28.4 Å². The van der Waals surface area contributed by atoms with Crippen LogP contribution in [0.1, 0.15) is 86.1 Å². The number of ether oxygens (including phenoxy) is 4. The molecule has 1 spiro atoms. The van der Waals surface area contributed by atoms with Gasteiger partial charge in [0.05, 0.1) is 33.9 Å². The van der Waals surface area contributed by atoms with Crippen LogP contribution in [0.2, 0.25) is 0 Å². The van der Waals surface area contributed by atoms with E-state index in [0.29, 0.717) is 23.0 Å². The maximum Gasteiger partial charge on any atom is 0.161 e. The highest BCUT2D eigenvalue weighted by molar-refractivity contribution is 5.97. The van der Waals surface area contributed by atoms with E-state index in [1.165, 1.54) is 66.8 Å². The molecule has 0 radical (unpaired) electrons. The molecule has 0 saturated heterocycles. The molecule has 4 heteroatoms. The van der Waals surface area contributed by atoms with Crippen molar-refractivity contribution in [2.24, 2.45) is 0 Å². The van der Waals surface area contributed by atoms with Gasteiger partial charge in [-0.05, 0) is 133 Å². The lowest BCUT2D eigenvalue weighted by Gasteiger charge is -2.32. The Labute approximate surface area is 292 Å². The molecular weight excluding hydrogens is 604 g/mol. The molecule has 7 rings (SSSR count). The summed E-state index contributed by atoms with van der Waals surface area (Å²) in [6.07, 6.45) is 0. The van der Waals surface area contributed by atoms with E-state index in [9.17, 15) is 0 Å². The van der Waals surface area contributed by atoms with Gasteiger partial charge in [0.15, 0.2) is 23.0 Å². The Hall–Kier alpha value is -4.70. The number of fused-ring (bicyclic) bond motifs is 10. The summed E-state index contributed by atoms with van der Waals surface area (Å²) < 4.78 is 23.8. The molecule has 0 bridgehead atoms. The first-order chi connectivity index (χ1) is 23.2. The van der Waals surface area contributed by atoms with Crippen LogP contribution in [0.4, 0.5) is 0 Å². The quantitative estimate of drug-likeness (QED) is 0.185. The Kier molecular flexibility index (Phi) is 7.48. The van der Waals surface area contributed by atoms with Crippen LogP contribution in [-0.2, 0) is 16.2 Å². The van der Waals surface area contributed by atoms with Gasteiger partial charge < -0.3 is 18.9 Å². The molecular formula is C45H48O4. The highest BCUT2D eigenvalue weighted by Gasteiger charge is 2.53. The fourth-order valence-electron chi connectivity index (χ4n) is 8.44. The Morgan fingerprint density at radius 2 is 0.898 bits per heavy atom. The summed E-state index contributed by atoms with van der Waals surface area (Å²) >= 11 is 0. The van der Waals surface area contributed by atoms with Gasteiger partial charge in [0.2, 0.25) is 0 Å². The molecule has 0 aromatic heterocycles. The first-order valence-electron chi connectivity index (χ1n) is 17.1. The predicted octanol–water partition coefficient (Wildman–Crippen LogP) is 10.9. The number of hydrogen-bond acceptors (Lipinski definition) is 4. The van der Waals surface area contributed by atoms with Gasteiger partial charge >= 0.3 is 0 Å². The van der Waals surface area contributed by atoms with Crippen LogP contribution < -0.4 is 18.9 Å². The maximum absolute atomic E-state index is 5.99. The van der Waals surface area contributed by atoms with Crippen LogP contribution in [0.15, 0.2) is 72.8 Å². The second-order valence-corrected chi connectivity index (χ2v) is 15.8. The average Bonchev–Trinajstić information content (AvgIpc) is 3.51. The second-order valence-electron chi connectivity index (χ2n) is 15.8. The fourth-order valence-corrected chi connectivity index (χ4v) is 8.44. The van der Waals surface area contributed by atoms with Crippen LogP contribution >= 0.6 is 0 Å². The third kappa shape index (κ3) is 4.70. The number of methoxy groups -OCH3 is 4. The van der Waals surface area contributed by atoms with E-state index in [0.717, 1.165) is 11.1 Å². The molecule has 1 unspecified atom stereocenters. The Bertz CT molecular complexity index is 2140. The fraction of sp³-hybridized carbons (Fsp3) is 0.333. The van der Waals surface area contributed by atoms with Gasteiger partial charge in [0.1, 0.15) is 0 Å². The molecule has 0 N–H and O–H groups in total. The van der Waals surface area contributed by atoms with Crippen molar-refractivity contribution in [1.29, 1.82) is 0 Å². The molecule has 0 aliphatic heterocycles. The van der Waals surface area contributed by atoms with E-state index in [-0.39, 0.29) is 10.8 Å². The summed E-state index contributed by atoms with van der Waals surface area (Å²) in [5.74, 6) is 2.85. The van der Waals surface area contributed by atoms with Gasteiger partial charge in [0, 0.05) is 0 Å². The number of hydrogen-bond donors (Lipinski definition) is 0. The smallest absolute Gasteiger partial charge is 0.161 e. The summed E-state index contributed by atoms with van der Waals surface area (Å²) in [6.45, 7) is 18.2. The molecule has 252 valence electrons. The lowest BCUT2D eigenvalue weighted by molar-refractivity contribution is 0.354. The van der Waals surface area contributed by atoms with E-state index in [1.807, 2.05) is 0 Å². The van der Waals surface area contributed by atoms with Gasteiger partial charge in [-0.3, -0.25) is 0 Å². The topological polar surface area (TPSA) is 36.9 Å². The number of benzene rings is 5. The molecule has 5 aromatic carbocycles. The van der Waals surface area contributed by atoms with Crippen LogP contribution in [0.3, 0.4) is 0 Å². The summed E-state index contributed by atoms with van der Waals surface area (Å²) in [5, 5.41) is 0. The average molecular weight is 653 g/mol. The number of aryl methyl sites for hydroxylation is 2. The molecule has 0 fully saturated rings. The first kappa shape index (κ1) is 32.8. The zero-order valence-electron chi connectivity index (χ0n) is 31.1. The minimum absolute atomic E-state index is 0.0481. The maximum atomic E-state index is 5.99. The molecule has 49 heavy (non-hydrogen) atoms. The van der Waals surface area contributed by atoms with Crippen molar-refractivity contribution in [3.05, 3.63) is 117 Å². The molecule has 2 aliphatic rings. The van der Waals surface area contributed by atoms with E-state index in [4.69, 9.17) is 18.9 Å². The molecule has 4 nitrogen and oxygen atoms in total. The van der Waals surface area contributed by atoms with Gasteiger partial charge in [-0.1, -0.05) is 84.0 Å². The van der Waals surface area contributed by atoms with Crippen LogP contribution in [-0.4, -0.2) is 28.4 Å². The van der Waals surface area contributed by atoms with Gasteiger partial charge in [-0.25, -0.2) is 0 Å². The van der Waals surface area contributed by atoms with Gasteiger partial charge in [-0.15, -0.1) is 0 Å². The zero-order chi connectivity index (χ0) is 35.2. The molecule has 0 amide bonds. The second kappa shape index (κ2) is 11.2. The van der Waals surface area contributed by atoms with Crippen LogP contribution in [0, 0.1) is 13.8 Å². The Morgan fingerprint density at radius 1 is 0.429 bits per heavy atom. The third-order valence-electron chi connectivity index (χ3n) is 10.8. The van der Waals surface area contributed by atoms with Crippen molar-refractivity contribution in [3.63, 3.8) is 0 Å². The zero-order valence-corrected chi connectivity index (χ0v) is 31.1. The minimum atomic E-state index is -0.639. The number of rotatable bonds is 5. The summed E-state index contributed by atoms with van der Waals surface area (Å²) in [4.78, 5) is 0. The van der Waals surface area contributed by atoms with E-state index in [2.05, 4.69) is 128 Å².